The van der Waals surface area contributed by atoms with Crippen LogP contribution in [-0.2, 0) is 16.1 Å². The van der Waals surface area contributed by atoms with Crippen molar-refractivity contribution < 1.29 is 14.4 Å². The Kier molecular flexibility index (Phi) is 8.19. The van der Waals surface area contributed by atoms with E-state index in [-0.39, 0.29) is 37.0 Å². The second-order valence-electron chi connectivity index (χ2n) is 10.2. The highest BCUT2D eigenvalue weighted by Gasteiger charge is 2.21. The van der Waals surface area contributed by atoms with Crippen LogP contribution in [0.3, 0.4) is 0 Å². The summed E-state index contributed by atoms with van der Waals surface area (Å²) in [7, 11) is 0. The first kappa shape index (κ1) is 27.3. The van der Waals surface area contributed by atoms with Crippen LogP contribution in [0.2, 0.25) is 0 Å². The molecule has 0 aliphatic carbocycles. The van der Waals surface area contributed by atoms with Crippen LogP contribution in [0.4, 0.5) is 5.69 Å². The summed E-state index contributed by atoms with van der Waals surface area (Å²) < 4.78 is 1.12. The highest BCUT2D eigenvalue weighted by atomic mass is 16.2. The molecule has 0 fully saturated rings. The first-order valence-corrected chi connectivity index (χ1v) is 12.6. The number of amides is 3. The summed E-state index contributed by atoms with van der Waals surface area (Å²) in [6.07, 6.45) is 0. The van der Waals surface area contributed by atoms with Gasteiger partial charge in [0, 0.05) is 41.4 Å². The molecule has 0 saturated carbocycles. The van der Waals surface area contributed by atoms with Crippen LogP contribution in [-0.4, -0.2) is 40.6 Å². The van der Waals surface area contributed by atoms with Crippen LogP contribution in [0.15, 0.2) is 83.7 Å². The van der Waals surface area contributed by atoms with E-state index < -0.39 is 11.3 Å². The molecule has 1 heterocycles. The maximum Gasteiger partial charge on any atom is 0.267 e. The molecule has 9 nitrogen and oxygen atoms in total. The molecule has 3 amide bonds. The van der Waals surface area contributed by atoms with E-state index in [4.69, 9.17) is 0 Å². The van der Waals surface area contributed by atoms with Crippen LogP contribution in [0.5, 0.6) is 0 Å². The van der Waals surface area contributed by atoms with Gasteiger partial charge in [-0.2, -0.15) is 5.10 Å². The monoisotopic (exact) mass is 525 g/mol. The standard InChI is InChI=1S/C30H31N5O4/c1-30(2,3)29(39)33-24-12-10-21(11-13-24)28(38)32-17-16-31-26(36)19-35-27(37)15-14-25(34-35)23-9-8-20-6-4-5-7-22(20)18-23/h4-15,18H,16-17,19H2,1-3H3,(H,31,36)(H,32,38)(H,33,39). The minimum atomic E-state index is -0.523. The molecule has 3 aromatic carbocycles. The van der Waals surface area contributed by atoms with Crippen molar-refractivity contribution in [2.24, 2.45) is 5.41 Å². The molecule has 0 atom stereocenters. The van der Waals surface area contributed by atoms with Gasteiger partial charge in [0.15, 0.2) is 0 Å². The quantitative estimate of drug-likeness (QED) is 0.304. The summed E-state index contributed by atoms with van der Waals surface area (Å²) in [5.41, 5.74) is 1.55. The lowest BCUT2D eigenvalue weighted by Gasteiger charge is -2.17. The Balaban J connectivity index is 1.27. The number of anilines is 1. The van der Waals surface area contributed by atoms with Gasteiger partial charge in [-0.1, -0.05) is 57.2 Å². The van der Waals surface area contributed by atoms with Gasteiger partial charge in [0.25, 0.3) is 11.5 Å². The third-order valence-corrected chi connectivity index (χ3v) is 6.02. The normalized spacial score (nSPS) is 11.2. The topological polar surface area (TPSA) is 122 Å². The molecule has 200 valence electrons. The highest BCUT2D eigenvalue weighted by Crippen LogP contribution is 2.22. The molecule has 9 heteroatoms. The second-order valence-corrected chi connectivity index (χ2v) is 10.2. The van der Waals surface area contributed by atoms with Crippen LogP contribution in [0.25, 0.3) is 22.0 Å². The number of rotatable bonds is 8. The van der Waals surface area contributed by atoms with Crippen LogP contribution in [0, 0.1) is 5.41 Å². The van der Waals surface area contributed by atoms with Crippen molar-refractivity contribution in [3.63, 3.8) is 0 Å². The Morgan fingerprint density at radius 2 is 1.51 bits per heavy atom. The van der Waals surface area contributed by atoms with E-state index in [2.05, 4.69) is 21.0 Å². The van der Waals surface area contributed by atoms with E-state index >= 15 is 0 Å². The first-order valence-electron chi connectivity index (χ1n) is 12.6. The second kappa shape index (κ2) is 11.7. The minimum absolute atomic E-state index is 0.117. The van der Waals surface area contributed by atoms with E-state index in [1.54, 1.807) is 30.3 Å². The number of fused-ring (bicyclic) bond motifs is 1. The number of carbonyl (C=O) groups is 3. The van der Waals surface area contributed by atoms with Crippen molar-refractivity contribution >= 4 is 34.2 Å². The van der Waals surface area contributed by atoms with Crippen molar-refractivity contribution in [1.29, 1.82) is 0 Å². The van der Waals surface area contributed by atoms with E-state index in [1.807, 2.05) is 63.2 Å². The van der Waals surface area contributed by atoms with E-state index in [1.165, 1.54) is 6.07 Å². The highest BCUT2D eigenvalue weighted by molar-refractivity contribution is 5.97. The Labute approximate surface area is 226 Å². The van der Waals surface area contributed by atoms with Crippen molar-refractivity contribution in [3.05, 3.63) is 94.8 Å². The average molecular weight is 526 g/mol. The molecule has 4 aromatic rings. The first-order chi connectivity index (χ1) is 18.6. The number of aromatic nitrogens is 2. The van der Waals surface area contributed by atoms with Gasteiger partial charge in [0.2, 0.25) is 11.8 Å². The van der Waals surface area contributed by atoms with Gasteiger partial charge in [-0.25, -0.2) is 4.68 Å². The molecule has 0 unspecified atom stereocenters. The number of carbonyl (C=O) groups excluding carboxylic acids is 3. The lowest BCUT2D eigenvalue weighted by atomic mass is 9.95. The summed E-state index contributed by atoms with van der Waals surface area (Å²) >= 11 is 0. The largest absolute Gasteiger partial charge is 0.353 e. The summed E-state index contributed by atoms with van der Waals surface area (Å²) in [6.45, 7) is 5.61. The summed E-state index contributed by atoms with van der Waals surface area (Å²) in [4.78, 5) is 49.2. The predicted octanol–water partition coefficient (Wildman–Crippen LogP) is 3.59. The molecule has 3 N–H and O–H groups in total. The lowest BCUT2D eigenvalue weighted by Crippen LogP contribution is -2.38. The molecule has 0 aliphatic heterocycles. The fourth-order valence-electron chi connectivity index (χ4n) is 3.76. The zero-order valence-corrected chi connectivity index (χ0v) is 22.2. The minimum Gasteiger partial charge on any atom is -0.353 e. The molecular formula is C30H31N5O4. The molecule has 0 saturated heterocycles. The Morgan fingerprint density at radius 1 is 0.821 bits per heavy atom. The van der Waals surface area contributed by atoms with Crippen molar-refractivity contribution in [2.75, 3.05) is 18.4 Å². The third kappa shape index (κ3) is 7.16. The van der Waals surface area contributed by atoms with Crippen molar-refractivity contribution in [3.8, 4) is 11.3 Å². The molecule has 0 aliphatic rings. The third-order valence-electron chi connectivity index (χ3n) is 6.02. The Bertz CT molecular complexity index is 1570. The van der Waals surface area contributed by atoms with Gasteiger partial charge in [0.1, 0.15) is 6.54 Å². The van der Waals surface area contributed by atoms with E-state index in [0.717, 1.165) is 21.0 Å². The Morgan fingerprint density at radius 3 is 2.23 bits per heavy atom. The number of benzene rings is 3. The van der Waals surface area contributed by atoms with Gasteiger partial charge in [-0.05, 0) is 47.2 Å². The maximum atomic E-state index is 12.4. The molecule has 4 rings (SSSR count). The number of nitrogens with one attached hydrogen (secondary N) is 3. The lowest BCUT2D eigenvalue weighted by molar-refractivity contribution is -0.123. The Hall–Kier alpha value is -4.79. The molecular weight excluding hydrogens is 494 g/mol. The number of nitrogens with zero attached hydrogens (tertiary/aromatic N) is 2. The summed E-state index contributed by atoms with van der Waals surface area (Å²) in [5.74, 6) is -0.819. The van der Waals surface area contributed by atoms with Crippen molar-refractivity contribution in [2.45, 2.75) is 27.3 Å². The molecule has 0 spiro atoms. The zero-order chi connectivity index (χ0) is 28.0. The molecule has 1 aromatic heterocycles. The van der Waals surface area contributed by atoms with Crippen LogP contribution < -0.4 is 21.5 Å². The van der Waals surface area contributed by atoms with Gasteiger partial charge in [-0.3, -0.25) is 19.2 Å². The predicted molar refractivity (Wildman–Crippen MR) is 151 cm³/mol. The fraction of sp³-hybridized carbons (Fsp3) is 0.233. The maximum absolute atomic E-state index is 12.4. The fourth-order valence-corrected chi connectivity index (χ4v) is 3.76. The number of hydrogen-bond acceptors (Lipinski definition) is 5. The molecule has 0 bridgehead atoms. The van der Waals surface area contributed by atoms with Gasteiger partial charge < -0.3 is 16.0 Å². The SMILES string of the molecule is CC(C)(C)C(=O)Nc1ccc(C(=O)NCCNC(=O)Cn2nc(-c3ccc4ccccc4c3)ccc2=O)cc1. The molecule has 0 radical (unpaired) electrons. The van der Waals surface area contributed by atoms with Crippen LogP contribution >= 0.6 is 0 Å². The smallest absolute Gasteiger partial charge is 0.267 e. The number of hydrogen-bond donors (Lipinski definition) is 3. The van der Waals surface area contributed by atoms with Crippen LogP contribution in [0.1, 0.15) is 31.1 Å². The average Bonchev–Trinajstić information content (AvgIpc) is 2.92. The van der Waals surface area contributed by atoms with Gasteiger partial charge in [0.05, 0.1) is 5.69 Å². The summed E-state index contributed by atoms with van der Waals surface area (Å²) in [5, 5.41) is 14.8. The summed E-state index contributed by atoms with van der Waals surface area (Å²) in [6, 6.07) is 23.5. The van der Waals surface area contributed by atoms with E-state index in [9.17, 15) is 19.2 Å². The van der Waals surface area contributed by atoms with Gasteiger partial charge in [-0.15, -0.1) is 0 Å². The van der Waals surface area contributed by atoms with Crippen molar-refractivity contribution in [1.82, 2.24) is 20.4 Å². The zero-order valence-electron chi connectivity index (χ0n) is 22.2. The molecule has 39 heavy (non-hydrogen) atoms. The van der Waals surface area contributed by atoms with Gasteiger partial charge >= 0.3 is 0 Å². The van der Waals surface area contributed by atoms with E-state index in [0.29, 0.717) is 16.9 Å².